The van der Waals surface area contributed by atoms with Gasteiger partial charge < -0.3 is 9.64 Å². The highest BCUT2D eigenvalue weighted by Gasteiger charge is 2.31. The third-order valence-corrected chi connectivity index (χ3v) is 5.65. The quantitative estimate of drug-likeness (QED) is 0.792. The van der Waals surface area contributed by atoms with Crippen LogP contribution in [0.15, 0.2) is 18.2 Å². The Morgan fingerprint density at radius 2 is 1.83 bits per heavy atom. The lowest BCUT2D eigenvalue weighted by atomic mass is 10.1. The Morgan fingerprint density at radius 1 is 1.22 bits per heavy atom. The van der Waals surface area contributed by atoms with Crippen LogP contribution in [0.25, 0.3) is 0 Å². The number of benzene rings is 1. The molecule has 0 bridgehead atoms. The van der Waals surface area contributed by atoms with Gasteiger partial charge in [-0.3, -0.25) is 4.79 Å². The molecule has 7 nitrogen and oxygen atoms in total. The van der Waals surface area contributed by atoms with Crippen LogP contribution in [0.3, 0.4) is 0 Å². The molecule has 1 aromatic rings. The van der Waals surface area contributed by atoms with Crippen LogP contribution in [-0.4, -0.2) is 75.2 Å². The summed E-state index contributed by atoms with van der Waals surface area (Å²) >= 11 is 0. The van der Waals surface area contributed by atoms with Crippen molar-refractivity contribution in [2.45, 2.75) is 0 Å². The van der Waals surface area contributed by atoms with Crippen LogP contribution < -0.4 is 4.74 Å². The van der Waals surface area contributed by atoms with Gasteiger partial charge in [0.25, 0.3) is 16.1 Å². The van der Waals surface area contributed by atoms with E-state index < -0.39 is 16.0 Å². The molecule has 9 heteroatoms. The second-order valence-corrected chi connectivity index (χ2v) is 7.47. The molecule has 0 aromatic heterocycles. The molecule has 0 atom stereocenters. The number of ether oxygens (including phenoxy) is 1. The molecule has 0 N–H and O–H groups in total. The number of rotatable bonds is 4. The summed E-state index contributed by atoms with van der Waals surface area (Å²) < 4.78 is 45.1. The number of hydrogen-bond acceptors (Lipinski definition) is 4. The average Bonchev–Trinajstić information content (AvgIpc) is 2.54. The number of halogens is 1. The van der Waals surface area contributed by atoms with E-state index in [4.69, 9.17) is 4.74 Å². The zero-order valence-corrected chi connectivity index (χ0v) is 14.1. The standard InChI is InChI=1S/C14H20FN3O4S/c1-16(2)23(20,21)18-8-6-17(7-9-18)14(19)12-10-11(15)4-5-13(12)22-3/h4-5,10H,6-9H2,1-3H3. The Labute approximate surface area is 135 Å². The molecule has 0 radical (unpaired) electrons. The summed E-state index contributed by atoms with van der Waals surface area (Å²) in [4.78, 5) is 14.0. The maximum atomic E-state index is 13.4. The van der Waals surface area contributed by atoms with E-state index in [9.17, 15) is 17.6 Å². The smallest absolute Gasteiger partial charge is 0.281 e. The van der Waals surface area contributed by atoms with Gasteiger partial charge in [0.2, 0.25) is 0 Å². The number of nitrogens with zero attached hydrogens (tertiary/aromatic N) is 3. The van der Waals surface area contributed by atoms with Crippen molar-refractivity contribution in [3.63, 3.8) is 0 Å². The van der Waals surface area contributed by atoms with Crippen LogP contribution in [0.2, 0.25) is 0 Å². The third-order valence-electron chi connectivity index (χ3n) is 3.71. The molecular formula is C14H20FN3O4S. The lowest BCUT2D eigenvalue weighted by Gasteiger charge is -2.35. The van der Waals surface area contributed by atoms with Gasteiger partial charge in [0.15, 0.2) is 0 Å². The largest absolute Gasteiger partial charge is 0.496 e. The van der Waals surface area contributed by atoms with Gasteiger partial charge in [-0.2, -0.15) is 17.0 Å². The molecule has 2 rings (SSSR count). The van der Waals surface area contributed by atoms with Crippen LogP contribution in [0, 0.1) is 5.82 Å². The number of hydrogen-bond donors (Lipinski definition) is 0. The van der Waals surface area contributed by atoms with Gasteiger partial charge in [-0.25, -0.2) is 4.39 Å². The molecule has 1 amide bonds. The van der Waals surface area contributed by atoms with Gasteiger partial charge >= 0.3 is 0 Å². The lowest BCUT2D eigenvalue weighted by molar-refractivity contribution is 0.0691. The molecule has 0 saturated carbocycles. The molecule has 1 saturated heterocycles. The van der Waals surface area contributed by atoms with E-state index >= 15 is 0 Å². The highest BCUT2D eigenvalue weighted by Crippen LogP contribution is 2.22. The molecule has 1 aromatic carbocycles. The molecule has 23 heavy (non-hydrogen) atoms. The predicted octanol–water partition coefficient (Wildman–Crippen LogP) is 0.398. The second-order valence-electron chi connectivity index (χ2n) is 5.33. The van der Waals surface area contributed by atoms with Gasteiger partial charge in [0, 0.05) is 40.3 Å². The van der Waals surface area contributed by atoms with Gasteiger partial charge in [0.05, 0.1) is 12.7 Å². The normalized spacial score (nSPS) is 16.7. The summed E-state index contributed by atoms with van der Waals surface area (Å²) in [5, 5.41) is 0. The minimum absolute atomic E-state index is 0.136. The minimum atomic E-state index is -3.49. The van der Waals surface area contributed by atoms with Crippen molar-refractivity contribution in [3.05, 3.63) is 29.6 Å². The number of carbonyl (C=O) groups excluding carboxylic acids is 1. The van der Waals surface area contributed by atoms with Crippen LogP contribution >= 0.6 is 0 Å². The fourth-order valence-electron chi connectivity index (χ4n) is 2.37. The van der Waals surface area contributed by atoms with Crippen molar-refractivity contribution in [3.8, 4) is 5.75 Å². The zero-order chi connectivity index (χ0) is 17.2. The minimum Gasteiger partial charge on any atom is -0.496 e. The third kappa shape index (κ3) is 3.62. The van der Waals surface area contributed by atoms with Crippen molar-refractivity contribution in [2.24, 2.45) is 0 Å². The van der Waals surface area contributed by atoms with Crippen molar-refractivity contribution in [1.29, 1.82) is 0 Å². The Bertz CT molecular complexity index is 685. The van der Waals surface area contributed by atoms with Gasteiger partial charge in [-0.05, 0) is 18.2 Å². The van der Waals surface area contributed by atoms with E-state index in [1.54, 1.807) is 0 Å². The molecule has 128 valence electrons. The molecule has 0 unspecified atom stereocenters. The lowest BCUT2D eigenvalue weighted by Crippen LogP contribution is -2.53. The molecule has 0 aliphatic carbocycles. The zero-order valence-electron chi connectivity index (χ0n) is 13.3. The van der Waals surface area contributed by atoms with Crippen molar-refractivity contribution < 1.29 is 22.3 Å². The first-order valence-corrected chi connectivity index (χ1v) is 8.47. The molecule has 0 spiro atoms. The first-order chi connectivity index (χ1) is 10.8. The van der Waals surface area contributed by atoms with Gasteiger partial charge in [0.1, 0.15) is 11.6 Å². The topological polar surface area (TPSA) is 70.2 Å². The fraction of sp³-hybridized carbons (Fsp3) is 0.500. The Hall–Kier alpha value is -1.71. The maximum absolute atomic E-state index is 13.4. The predicted molar refractivity (Wildman–Crippen MR) is 83.0 cm³/mol. The van der Waals surface area contributed by atoms with Gasteiger partial charge in [-0.1, -0.05) is 0 Å². The molecule has 1 aliphatic heterocycles. The Morgan fingerprint density at radius 3 is 2.35 bits per heavy atom. The van der Waals surface area contributed by atoms with Crippen LogP contribution in [0.1, 0.15) is 10.4 Å². The van der Waals surface area contributed by atoms with Crippen LogP contribution in [0.4, 0.5) is 4.39 Å². The average molecular weight is 345 g/mol. The van der Waals surface area contributed by atoms with E-state index in [1.807, 2.05) is 0 Å². The van der Waals surface area contributed by atoms with Crippen molar-refractivity contribution in [1.82, 2.24) is 13.5 Å². The fourth-order valence-corrected chi connectivity index (χ4v) is 3.46. The Kier molecular flexibility index (Phi) is 5.23. The van der Waals surface area contributed by atoms with Crippen LogP contribution in [0.5, 0.6) is 5.75 Å². The number of carbonyl (C=O) groups is 1. The summed E-state index contributed by atoms with van der Waals surface area (Å²) in [5.41, 5.74) is 0.136. The van der Waals surface area contributed by atoms with E-state index in [2.05, 4.69) is 0 Å². The highest BCUT2D eigenvalue weighted by molar-refractivity contribution is 7.86. The van der Waals surface area contributed by atoms with E-state index in [0.29, 0.717) is 5.75 Å². The molecule has 1 fully saturated rings. The van der Waals surface area contributed by atoms with E-state index in [1.165, 1.54) is 42.5 Å². The first-order valence-electron chi connectivity index (χ1n) is 7.07. The van der Waals surface area contributed by atoms with E-state index in [0.717, 1.165) is 10.4 Å². The summed E-state index contributed by atoms with van der Waals surface area (Å²) in [5.74, 6) is -0.606. The van der Waals surface area contributed by atoms with Crippen LogP contribution in [-0.2, 0) is 10.2 Å². The monoisotopic (exact) mass is 345 g/mol. The van der Waals surface area contributed by atoms with Gasteiger partial charge in [-0.15, -0.1) is 0 Å². The first kappa shape index (κ1) is 17.6. The number of amides is 1. The summed E-state index contributed by atoms with van der Waals surface area (Å²) in [7, 11) is 0.845. The number of methoxy groups -OCH3 is 1. The maximum Gasteiger partial charge on any atom is 0.281 e. The SMILES string of the molecule is COc1ccc(F)cc1C(=O)N1CCN(S(=O)(=O)N(C)C)CC1. The summed E-state index contributed by atoms with van der Waals surface area (Å²) in [6.45, 7) is 0.880. The summed E-state index contributed by atoms with van der Waals surface area (Å²) in [6, 6.07) is 3.75. The second kappa shape index (κ2) is 6.81. The van der Waals surface area contributed by atoms with Crippen molar-refractivity contribution >= 4 is 16.1 Å². The Balaban J connectivity index is 2.12. The molecular weight excluding hydrogens is 325 g/mol. The highest BCUT2D eigenvalue weighted by atomic mass is 32.2. The molecule has 1 aliphatic rings. The van der Waals surface area contributed by atoms with E-state index in [-0.39, 0.29) is 37.6 Å². The van der Waals surface area contributed by atoms with Crippen molar-refractivity contribution in [2.75, 3.05) is 47.4 Å². The molecule has 1 heterocycles. The number of piperazine rings is 1. The summed E-state index contributed by atoms with van der Waals surface area (Å²) in [6.07, 6.45) is 0.